The second-order valence-corrected chi connectivity index (χ2v) is 7.17. The summed E-state index contributed by atoms with van der Waals surface area (Å²) < 4.78 is 45.3. The molecule has 6 nitrogen and oxygen atoms in total. The number of aromatic nitrogens is 2. The number of alkyl halides is 3. The smallest absolute Gasteiger partial charge is 0.416 e. The van der Waals surface area contributed by atoms with E-state index in [1.807, 2.05) is 23.6 Å². The summed E-state index contributed by atoms with van der Waals surface area (Å²) >= 11 is 0. The molecule has 2 heterocycles. The highest BCUT2D eigenvalue weighted by Gasteiger charge is 2.30. The van der Waals surface area contributed by atoms with Crippen molar-refractivity contribution in [2.24, 2.45) is 0 Å². The van der Waals surface area contributed by atoms with Gasteiger partial charge < -0.3 is 18.8 Å². The lowest BCUT2D eigenvalue weighted by molar-refractivity contribution is -0.137. The lowest BCUT2D eigenvalue weighted by Crippen LogP contribution is -2.36. The zero-order valence-corrected chi connectivity index (χ0v) is 16.8. The Hall–Kier alpha value is -3.07. The van der Waals surface area contributed by atoms with Crippen molar-refractivity contribution in [1.82, 2.24) is 19.4 Å². The maximum Gasteiger partial charge on any atom is 0.416 e. The Morgan fingerprint density at radius 2 is 1.87 bits per heavy atom. The average molecular weight is 420 g/mol. The van der Waals surface area contributed by atoms with E-state index < -0.39 is 11.7 Å². The number of imidazole rings is 1. The van der Waals surface area contributed by atoms with Gasteiger partial charge in [0.25, 0.3) is 5.91 Å². The van der Waals surface area contributed by atoms with Gasteiger partial charge in [-0.2, -0.15) is 13.2 Å². The van der Waals surface area contributed by atoms with Gasteiger partial charge >= 0.3 is 6.18 Å². The Labute approximate surface area is 172 Å². The van der Waals surface area contributed by atoms with Gasteiger partial charge in [0.05, 0.1) is 18.4 Å². The third kappa shape index (κ3) is 5.50. The Morgan fingerprint density at radius 1 is 1.13 bits per heavy atom. The first kappa shape index (κ1) is 21.6. The maximum absolute atomic E-state index is 12.8. The van der Waals surface area contributed by atoms with E-state index in [2.05, 4.69) is 4.98 Å². The molecule has 0 radical (unpaired) electrons. The minimum atomic E-state index is -4.36. The summed E-state index contributed by atoms with van der Waals surface area (Å²) in [6.07, 6.45) is 0.441. The molecule has 0 aliphatic carbocycles. The maximum atomic E-state index is 12.8. The van der Waals surface area contributed by atoms with E-state index in [4.69, 9.17) is 4.42 Å². The molecule has 9 heteroatoms. The molecular weight excluding hydrogens is 397 g/mol. The second-order valence-electron chi connectivity index (χ2n) is 7.17. The number of likely N-dealkylation sites (N-methyl/N-ethyl adjacent to an activating group) is 1. The number of amides is 1. The summed E-state index contributed by atoms with van der Waals surface area (Å²) in [6.45, 7) is 1.73. The SMILES string of the molecule is CN(C)CCN(Cc1nccn1Cc1ccc(C(F)(F)F)cc1)C(=O)c1ccco1. The minimum absolute atomic E-state index is 0.245. The highest BCUT2D eigenvalue weighted by molar-refractivity contribution is 5.91. The van der Waals surface area contributed by atoms with Crippen LogP contribution >= 0.6 is 0 Å². The van der Waals surface area contributed by atoms with Crippen LogP contribution in [0.4, 0.5) is 13.2 Å². The average Bonchev–Trinajstić information content (AvgIpc) is 3.36. The number of hydrogen-bond acceptors (Lipinski definition) is 4. The first-order chi connectivity index (χ1) is 14.2. The summed E-state index contributed by atoms with van der Waals surface area (Å²) in [6, 6.07) is 8.29. The summed E-state index contributed by atoms with van der Waals surface area (Å²) in [4.78, 5) is 20.8. The van der Waals surface area contributed by atoms with E-state index in [0.717, 1.165) is 12.1 Å². The topological polar surface area (TPSA) is 54.5 Å². The van der Waals surface area contributed by atoms with Gasteiger partial charge in [-0.25, -0.2) is 4.98 Å². The molecular formula is C21H23F3N4O2. The third-order valence-corrected chi connectivity index (χ3v) is 4.60. The van der Waals surface area contributed by atoms with E-state index >= 15 is 0 Å². The first-order valence-corrected chi connectivity index (χ1v) is 9.37. The number of furan rings is 1. The number of benzene rings is 1. The monoisotopic (exact) mass is 420 g/mol. The lowest BCUT2D eigenvalue weighted by Gasteiger charge is -2.23. The molecule has 2 aromatic heterocycles. The second kappa shape index (κ2) is 9.17. The molecule has 160 valence electrons. The van der Waals surface area contributed by atoms with Crippen LogP contribution in [0.5, 0.6) is 0 Å². The van der Waals surface area contributed by atoms with Crippen molar-refractivity contribution in [1.29, 1.82) is 0 Å². The number of hydrogen-bond donors (Lipinski definition) is 0. The fraction of sp³-hybridized carbons (Fsp3) is 0.333. The van der Waals surface area contributed by atoms with Gasteiger partial charge in [-0.3, -0.25) is 4.79 Å². The Morgan fingerprint density at radius 3 is 2.47 bits per heavy atom. The van der Waals surface area contributed by atoms with Gasteiger partial charge in [-0.1, -0.05) is 12.1 Å². The molecule has 30 heavy (non-hydrogen) atoms. The molecule has 0 saturated heterocycles. The molecule has 0 spiro atoms. The molecule has 0 unspecified atom stereocenters. The van der Waals surface area contributed by atoms with Crippen molar-refractivity contribution in [2.75, 3.05) is 27.2 Å². The number of rotatable bonds is 8. The fourth-order valence-electron chi connectivity index (χ4n) is 2.93. The highest BCUT2D eigenvalue weighted by Crippen LogP contribution is 2.29. The van der Waals surface area contributed by atoms with E-state index in [9.17, 15) is 18.0 Å². The summed E-state index contributed by atoms with van der Waals surface area (Å²) in [7, 11) is 3.84. The lowest BCUT2D eigenvalue weighted by atomic mass is 10.1. The molecule has 3 rings (SSSR count). The molecule has 0 aliphatic rings. The van der Waals surface area contributed by atoms with Crippen LogP contribution in [-0.4, -0.2) is 52.4 Å². The molecule has 1 amide bonds. The normalized spacial score (nSPS) is 11.8. The number of halogens is 3. The number of nitrogens with zero attached hydrogens (tertiary/aromatic N) is 4. The predicted octanol–water partition coefficient (Wildman–Crippen LogP) is 3.75. The standard InChI is InChI=1S/C21H23F3N4O2/c1-26(2)11-12-28(20(29)18-4-3-13-30-18)15-19-25-9-10-27(19)14-16-5-7-17(8-6-16)21(22,23)24/h3-10,13H,11-12,14-15H2,1-2H3. The minimum Gasteiger partial charge on any atom is -0.459 e. The Kier molecular flexibility index (Phi) is 6.61. The molecule has 0 N–H and O–H groups in total. The number of carbonyl (C=O) groups excluding carboxylic acids is 1. The third-order valence-electron chi connectivity index (χ3n) is 4.60. The zero-order valence-electron chi connectivity index (χ0n) is 16.8. The van der Waals surface area contributed by atoms with Gasteiger partial charge in [0.15, 0.2) is 5.76 Å². The van der Waals surface area contributed by atoms with E-state index in [1.165, 1.54) is 18.4 Å². The molecule has 1 aromatic carbocycles. The van der Waals surface area contributed by atoms with Crippen molar-refractivity contribution in [2.45, 2.75) is 19.3 Å². The molecule has 0 atom stereocenters. The van der Waals surface area contributed by atoms with Crippen LogP contribution < -0.4 is 0 Å². The Bertz CT molecular complexity index is 948. The molecule has 0 aliphatic heterocycles. The van der Waals surface area contributed by atoms with Gasteiger partial charge in [0.1, 0.15) is 5.82 Å². The van der Waals surface area contributed by atoms with E-state index in [0.29, 0.717) is 31.0 Å². The highest BCUT2D eigenvalue weighted by atomic mass is 19.4. The van der Waals surface area contributed by atoms with Crippen LogP contribution in [0, 0.1) is 0 Å². The molecule has 0 saturated carbocycles. The van der Waals surface area contributed by atoms with Gasteiger partial charge in [0.2, 0.25) is 0 Å². The van der Waals surface area contributed by atoms with Crippen LogP contribution in [0.15, 0.2) is 59.5 Å². The number of carbonyl (C=O) groups is 1. The van der Waals surface area contributed by atoms with E-state index in [-0.39, 0.29) is 18.2 Å². The van der Waals surface area contributed by atoms with Crippen molar-refractivity contribution in [3.63, 3.8) is 0 Å². The molecule has 0 bridgehead atoms. The van der Waals surface area contributed by atoms with Crippen LogP contribution in [0.2, 0.25) is 0 Å². The zero-order chi connectivity index (χ0) is 21.7. The van der Waals surface area contributed by atoms with Crippen molar-refractivity contribution in [3.8, 4) is 0 Å². The quantitative estimate of drug-likeness (QED) is 0.557. The summed E-state index contributed by atoms with van der Waals surface area (Å²) in [5.41, 5.74) is 0.0236. The molecule has 0 fully saturated rings. The largest absolute Gasteiger partial charge is 0.459 e. The first-order valence-electron chi connectivity index (χ1n) is 9.37. The van der Waals surface area contributed by atoms with Gasteiger partial charge in [-0.05, 0) is 43.9 Å². The van der Waals surface area contributed by atoms with Crippen LogP contribution in [-0.2, 0) is 19.3 Å². The fourth-order valence-corrected chi connectivity index (χ4v) is 2.93. The van der Waals surface area contributed by atoms with Gasteiger partial charge in [-0.15, -0.1) is 0 Å². The van der Waals surface area contributed by atoms with Gasteiger partial charge in [0, 0.05) is 32.0 Å². The van der Waals surface area contributed by atoms with Crippen molar-refractivity contribution >= 4 is 5.91 Å². The van der Waals surface area contributed by atoms with Crippen LogP contribution in [0.25, 0.3) is 0 Å². The van der Waals surface area contributed by atoms with Crippen molar-refractivity contribution in [3.05, 3.63) is 77.8 Å². The summed E-state index contributed by atoms with van der Waals surface area (Å²) in [5, 5.41) is 0. The van der Waals surface area contributed by atoms with E-state index in [1.54, 1.807) is 29.4 Å². The van der Waals surface area contributed by atoms with Crippen LogP contribution in [0.1, 0.15) is 27.5 Å². The summed E-state index contributed by atoms with van der Waals surface area (Å²) in [5.74, 6) is 0.633. The van der Waals surface area contributed by atoms with Crippen LogP contribution in [0.3, 0.4) is 0 Å². The predicted molar refractivity (Wildman–Crippen MR) is 105 cm³/mol. The Balaban J connectivity index is 1.75. The van der Waals surface area contributed by atoms with Crippen molar-refractivity contribution < 1.29 is 22.4 Å². The molecule has 3 aromatic rings.